The Morgan fingerprint density at radius 2 is 2.17 bits per heavy atom. The first-order valence-electron chi connectivity index (χ1n) is 6.09. The van der Waals surface area contributed by atoms with Gasteiger partial charge in [0.05, 0.1) is 5.69 Å². The van der Waals surface area contributed by atoms with Crippen LogP contribution in [0.2, 0.25) is 0 Å². The number of halogens is 1. The van der Waals surface area contributed by atoms with E-state index >= 15 is 0 Å². The number of anilines is 1. The van der Waals surface area contributed by atoms with Crippen molar-refractivity contribution in [1.29, 1.82) is 0 Å². The van der Waals surface area contributed by atoms with E-state index in [9.17, 15) is 4.39 Å². The smallest absolute Gasteiger partial charge is 0.180 e. The maximum absolute atomic E-state index is 13.5. The minimum absolute atomic E-state index is 0.151. The number of rotatable bonds is 4. The largest absolute Gasteiger partial charge is 0.375 e. The van der Waals surface area contributed by atoms with Crippen molar-refractivity contribution in [1.82, 2.24) is 4.98 Å². The summed E-state index contributed by atoms with van der Waals surface area (Å²) in [6.45, 7) is 3.93. The fraction of sp³-hybridized carbons (Fsp3) is 0.357. The zero-order valence-electron chi connectivity index (χ0n) is 10.7. The van der Waals surface area contributed by atoms with Gasteiger partial charge in [-0.3, -0.25) is 0 Å². The topological polar surface area (TPSA) is 38.9 Å². The van der Waals surface area contributed by atoms with Gasteiger partial charge in [0.2, 0.25) is 0 Å². The van der Waals surface area contributed by atoms with Crippen LogP contribution in [0.1, 0.15) is 35.0 Å². The number of thiazole rings is 1. The van der Waals surface area contributed by atoms with Gasteiger partial charge in [0.15, 0.2) is 5.13 Å². The van der Waals surface area contributed by atoms with Crippen LogP contribution in [-0.2, 0) is 12.8 Å². The molecule has 0 radical (unpaired) electrons. The van der Waals surface area contributed by atoms with E-state index in [4.69, 9.17) is 5.73 Å². The van der Waals surface area contributed by atoms with Gasteiger partial charge in [-0.1, -0.05) is 25.5 Å². The third-order valence-electron chi connectivity index (χ3n) is 3.01. The minimum atomic E-state index is -0.151. The predicted octanol–water partition coefficient (Wildman–Crippen LogP) is 3.72. The molecule has 0 fully saturated rings. The Morgan fingerprint density at radius 3 is 2.89 bits per heavy atom. The van der Waals surface area contributed by atoms with Gasteiger partial charge >= 0.3 is 0 Å². The zero-order chi connectivity index (χ0) is 13.1. The quantitative estimate of drug-likeness (QED) is 0.914. The van der Waals surface area contributed by atoms with Crippen LogP contribution in [0.3, 0.4) is 0 Å². The molecule has 2 rings (SSSR count). The van der Waals surface area contributed by atoms with Crippen molar-refractivity contribution in [3.63, 3.8) is 0 Å². The molecular weight excluding hydrogens is 247 g/mol. The average molecular weight is 264 g/mol. The van der Waals surface area contributed by atoms with Crippen LogP contribution in [0, 0.1) is 12.7 Å². The van der Waals surface area contributed by atoms with Crippen molar-refractivity contribution in [3.8, 4) is 0 Å². The van der Waals surface area contributed by atoms with E-state index < -0.39 is 0 Å². The second-order valence-electron chi connectivity index (χ2n) is 4.37. The van der Waals surface area contributed by atoms with Crippen LogP contribution in [-0.4, -0.2) is 4.98 Å². The molecule has 0 bridgehead atoms. The number of aromatic nitrogens is 1. The SMILES string of the molecule is CCCc1nc(N)sc1Cc1cccc(F)c1C. The molecule has 18 heavy (non-hydrogen) atoms. The van der Waals surface area contributed by atoms with Gasteiger partial charge in [0.1, 0.15) is 5.82 Å². The van der Waals surface area contributed by atoms with Crippen molar-refractivity contribution in [2.75, 3.05) is 5.73 Å². The second-order valence-corrected chi connectivity index (χ2v) is 5.49. The number of hydrogen-bond acceptors (Lipinski definition) is 3. The predicted molar refractivity (Wildman–Crippen MR) is 74.5 cm³/mol. The molecule has 0 aliphatic heterocycles. The molecule has 0 aliphatic rings. The Bertz CT molecular complexity index is 549. The van der Waals surface area contributed by atoms with Crippen LogP contribution in [0.25, 0.3) is 0 Å². The van der Waals surface area contributed by atoms with Gasteiger partial charge in [-0.25, -0.2) is 9.37 Å². The molecular formula is C14H17FN2S. The van der Waals surface area contributed by atoms with E-state index in [1.807, 2.05) is 13.0 Å². The first-order valence-corrected chi connectivity index (χ1v) is 6.91. The van der Waals surface area contributed by atoms with E-state index in [1.165, 1.54) is 17.4 Å². The lowest BCUT2D eigenvalue weighted by atomic mass is 10.0. The summed E-state index contributed by atoms with van der Waals surface area (Å²) in [5.74, 6) is -0.151. The number of aryl methyl sites for hydroxylation is 1. The number of hydrogen-bond donors (Lipinski definition) is 1. The molecule has 2 nitrogen and oxygen atoms in total. The lowest BCUT2D eigenvalue weighted by Gasteiger charge is -2.06. The van der Waals surface area contributed by atoms with E-state index in [0.29, 0.717) is 17.1 Å². The first-order chi connectivity index (χ1) is 8.61. The molecule has 2 aromatic rings. The molecule has 4 heteroatoms. The molecule has 1 heterocycles. The molecule has 0 unspecified atom stereocenters. The van der Waals surface area contributed by atoms with E-state index in [0.717, 1.165) is 29.0 Å². The van der Waals surface area contributed by atoms with Crippen LogP contribution in [0.4, 0.5) is 9.52 Å². The van der Waals surface area contributed by atoms with E-state index in [2.05, 4.69) is 11.9 Å². The van der Waals surface area contributed by atoms with E-state index in [1.54, 1.807) is 6.07 Å². The van der Waals surface area contributed by atoms with Crippen LogP contribution in [0.15, 0.2) is 18.2 Å². The maximum atomic E-state index is 13.5. The van der Waals surface area contributed by atoms with Gasteiger partial charge in [0, 0.05) is 11.3 Å². The third-order valence-corrected chi connectivity index (χ3v) is 3.94. The van der Waals surface area contributed by atoms with Gasteiger partial charge in [-0.2, -0.15) is 0 Å². The molecule has 2 N–H and O–H groups in total. The highest BCUT2D eigenvalue weighted by Crippen LogP contribution is 2.26. The Hall–Kier alpha value is -1.42. The summed E-state index contributed by atoms with van der Waals surface area (Å²) in [7, 11) is 0. The molecule has 0 spiro atoms. The van der Waals surface area contributed by atoms with Crippen LogP contribution >= 0.6 is 11.3 Å². The second kappa shape index (κ2) is 5.48. The summed E-state index contributed by atoms with van der Waals surface area (Å²) in [6.07, 6.45) is 2.68. The zero-order valence-corrected chi connectivity index (χ0v) is 11.5. The van der Waals surface area contributed by atoms with Crippen molar-refractivity contribution < 1.29 is 4.39 Å². The normalized spacial score (nSPS) is 10.8. The molecule has 0 amide bonds. The number of nitrogens with two attached hydrogens (primary N) is 1. The summed E-state index contributed by atoms with van der Waals surface area (Å²) in [5, 5.41) is 0.600. The number of benzene rings is 1. The van der Waals surface area contributed by atoms with Gasteiger partial charge in [-0.15, -0.1) is 11.3 Å². The standard InChI is InChI=1S/C14H17FN2S/c1-3-5-12-13(18-14(16)17-12)8-10-6-4-7-11(15)9(10)2/h4,6-7H,3,5,8H2,1-2H3,(H2,16,17). The Kier molecular flexibility index (Phi) is 3.97. The molecule has 96 valence electrons. The summed E-state index contributed by atoms with van der Waals surface area (Å²) in [4.78, 5) is 5.51. The molecule has 0 saturated carbocycles. The van der Waals surface area contributed by atoms with Crippen molar-refractivity contribution in [2.24, 2.45) is 0 Å². The molecule has 0 aliphatic carbocycles. The van der Waals surface area contributed by atoms with Crippen LogP contribution in [0.5, 0.6) is 0 Å². The highest BCUT2D eigenvalue weighted by atomic mass is 32.1. The van der Waals surface area contributed by atoms with Crippen molar-refractivity contribution >= 4 is 16.5 Å². The summed E-state index contributed by atoms with van der Waals surface area (Å²) >= 11 is 1.51. The maximum Gasteiger partial charge on any atom is 0.180 e. The lowest BCUT2D eigenvalue weighted by Crippen LogP contribution is -1.96. The van der Waals surface area contributed by atoms with Gasteiger partial charge in [0.25, 0.3) is 0 Å². The molecule has 0 atom stereocenters. The average Bonchev–Trinajstić information content (AvgIpc) is 2.66. The number of nitrogens with zero attached hydrogens (tertiary/aromatic N) is 1. The Morgan fingerprint density at radius 1 is 1.39 bits per heavy atom. The highest BCUT2D eigenvalue weighted by Gasteiger charge is 2.12. The highest BCUT2D eigenvalue weighted by molar-refractivity contribution is 7.15. The molecule has 1 aromatic heterocycles. The van der Waals surface area contributed by atoms with Crippen LogP contribution < -0.4 is 5.73 Å². The van der Waals surface area contributed by atoms with Gasteiger partial charge < -0.3 is 5.73 Å². The summed E-state index contributed by atoms with van der Waals surface area (Å²) in [6, 6.07) is 5.21. The third kappa shape index (κ3) is 2.70. The monoisotopic (exact) mass is 264 g/mol. The van der Waals surface area contributed by atoms with Gasteiger partial charge in [-0.05, 0) is 30.5 Å². The number of nitrogen functional groups attached to an aromatic ring is 1. The van der Waals surface area contributed by atoms with Crippen molar-refractivity contribution in [2.45, 2.75) is 33.1 Å². The first kappa shape index (κ1) is 13.0. The summed E-state index contributed by atoms with van der Waals surface area (Å²) in [5.41, 5.74) is 8.55. The summed E-state index contributed by atoms with van der Waals surface area (Å²) < 4.78 is 13.5. The Labute approximate surface area is 111 Å². The minimum Gasteiger partial charge on any atom is -0.375 e. The van der Waals surface area contributed by atoms with E-state index in [-0.39, 0.29) is 5.82 Å². The lowest BCUT2D eigenvalue weighted by molar-refractivity contribution is 0.616. The molecule has 0 saturated heterocycles. The molecule has 1 aromatic carbocycles. The Balaban J connectivity index is 2.30. The fourth-order valence-corrected chi connectivity index (χ4v) is 2.89. The van der Waals surface area contributed by atoms with Crippen molar-refractivity contribution in [3.05, 3.63) is 45.7 Å². The fourth-order valence-electron chi connectivity index (χ4n) is 1.99.